The Labute approximate surface area is 103 Å². The molecule has 17 heavy (non-hydrogen) atoms. The molecule has 0 atom stereocenters. The van der Waals surface area contributed by atoms with Crippen LogP contribution in [0.5, 0.6) is 0 Å². The van der Waals surface area contributed by atoms with Crippen LogP contribution in [-0.4, -0.2) is 23.8 Å². The first kappa shape index (κ1) is 15.4. The minimum atomic E-state index is -0.767. The number of carboxylic acid groups (broad SMARTS) is 1. The Morgan fingerprint density at radius 1 is 1.24 bits per heavy atom. The molecule has 0 aromatic rings. The summed E-state index contributed by atoms with van der Waals surface area (Å²) in [5.74, 6) is -0.767. The van der Waals surface area contributed by atoms with Gasteiger partial charge in [0.2, 0.25) is 0 Å². The summed E-state index contributed by atoms with van der Waals surface area (Å²) in [5.41, 5.74) is 2.38. The number of allylic oxidation sites excluding steroid dienone is 6. The van der Waals surface area contributed by atoms with Gasteiger partial charge < -0.3 is 5.11 Å². The lowest BCUT2D eigenvalue weighted by atomic mass is 10.2. The quantitative estimate of drug-likeness (QED) is 0.418. The number of hydrogen-bond donors (Lipinski definition) is 1. The highest BCUT2D eigenvalue weighted by atomic mass is 16.4. The third kappa shape index (κ3) is 12.3. The van der Waals surface area contributed by atoms with Gasteiger partial charge in [0.15, 0.2) is 0 Å². The fourth-order valence-corrected chi connectivity index (χ4v) is 1.01. The molecule has 0 heterocycles. The summed E-state index contributed by atoms with van der Waals surface area (Å²) in [7, 11) is 0. The Morgan fingerprint density at radius 3 is 2.53 bits per heavy atom. The van der Waals surface area contributed by atoms with E-state index in [1.54, 1.807) is 6.21 Å². The predicted molar refractivity (Wildman–Crippen MR) is 72.6 cm³/mol. The summed E-state index contributed by atoms with van der Waals surface area (Å²) in [6.07, 6.45) is 10.5. The van der Waals surface area contributed by atoms with E-state index in [0.29, 0.717) is 13.0 Å². The average molecular weight is 235 g/mol. The normalized spacial score (nSPS) is 12.3. The van der Waals surface area contributed by atoms with Crippen LogP contribution in [0.4, 0.5) is 0 Å². The molecule has 0 spiro atoms. The maximum absolute atomic E-state index is 10.2. The van der Waals surface area contributed by atoms with E-state index in [2.05, 4.69) is 4.99 Å². The maximum Gasteiger partial charge on any atom is 0.303 e. The summed E-state index contributed by atoms with van der Waals surface area (Å²) in [5, 5.41) is 8.42. The van der Waals surface area contributed by atoms with Crippen LogP contribution in [0.15, 0.2) is 40.4 Å². The number of nitrogens with zero attached hydrogens (tertiary/aromatic N) is 1. The first-order chi connectivity index (χ1) is 8.02. The van der Waals surface area contributed by atoms with Crippen molar-refractivity contribution in [2.75, 3.05) is 6.54 Å². The zero-order valence-electron chi connectivity index (χ0n) is 10.8. The molecule has 0 aliphatic carbocycles. The third-order valence-electron chi connectivity index (χ3n) is 1.91. The van der Waals surface area contributed by atoms with Crippen molar-refractivity contribution in [3.05, 3.63) is 35.5 Å². The first-order valence-corrected chi connectivity index (χ1v) is 5.72. The molecule has 0 saturated heterocycles. The van der Waals surface area contributed by atoms with E-state index in [1.807, 2.05) is 45.1 Å². The average Bonchev–Trinajstić information content (AvgIpc) is 2.22. The highest BCUT2D eigenvalue weighted by Gasteiger charge is 1.93. The van der Waals surface area contributed by atoms with Gasteiger partial charge in [-0.05, 0) is 38.8 Å². The summed E-state index contributed by atoms with van der Waals surface area (Å²) in [4.78, 5) is 14.3. The molecule has 0 radical (unpaired) electrons. The number of carboxylic acids is 1. The Kier molecular flexibility index (Phi) is 8.65. The van der Waals surface area contributed by atoms with Crippen LogP contribution in [0.25, 0.3) is 0 Å². The molecule has 3 nitrogen and oxygen atoms in total. The Balaban J connectivity index is 3.90. The molecule has 94 valence electrons. The van der Waals surface area contributed by atoms with Crippen LogP contribution in [0.1, 0.15) is 33.6 Å². The smallest absolute Gasteiger partial charge is 0.303 e. The van der Waals surface area contributed by atoms with Gasteiger partial charge in [0.05, 0.1) is 0 Å². The highest BCUT2D eigenvalue weighted by Crippen LogP contribution is 1.96. The molecular weight excluding hydrogens is 214 g/mol. The molecule has 0 bridgehead atoms. The third-order valence-corrected chi connectivity index (χ3v) is 1.91. The van der Waals surface area contributed by atoms with E-state index < -0.39 is 5.97 Å². The van der Waals surface area contributed by atoms with Crippen LogP contribution in [0.3, 0.4) is 0 Å². The number of carbonyl (C=O) groups is 1. The van der Waals surface area contributed by atoms with E-state index in [4.69, 9.17) is 5.11 Å². The van der Waals surface area contributed by atoms with Crippen molar-refractivity contribution in [1.29, 1.82) is 0 Å². The van der Waals surface area contributed by atoms with Gasteiger partial charge in [-0.25, -0.2) is 0 Å². The van der Waals surface area contributed by atoms with Gasteiger partial charge in [-0.15, -0.1) is 0 Å². The molecule has 1 N–H and O–H groups in total. The second kappa shape index (κ2) is 9.58. The summed E-state index contributed by atoms with van der Waals surface area (Å²) < 4.78 is 0. The minimum Gasteiger partial charge on any atom is -0.481 e. The monoisotopic (exact) mass is 235 g/mol. The van der Waals surface area contributed by atoms with Crippen molar-refractivity contribution in [1.82, 2.24) is 0 Å². The predicted octanol–water partition coefficient (Wildman–Crippen LogP) is 3.39. The molecule has 0 saturated carbocycles. The van der Waals surface area contributed by atoms with Crippen molar-refractivity contribution in [2.45, 2.75) is 33.6 Å². The molecule has 0 fully saturated rings. The molecular formula is C14H21NO2. The van der Waals surface area contributed by atoms with Gasteiger partial charge >= 0.3 is 5.97 Å². The Morgan fingerprint density at radius 2 is 1.94 bits per heavy atom. The van der Waals surface area contributed by atoms with Gasteiger partial charge in [0.25, 0.3) is 0 Å². The van der Waals surface area contributed by atoms with Crippen molar-refractivity contribution < 1.29 is 9.90 Å². The molecule has 0 unspecified atom stereocenters. The van der Waals surface area contributed by atoms with Gasteiger partial charge in [0.1, 0.15) is 0 Å². The summed E-state index contributed by atoms with van der Waals surface area (Å²) in [6, 6.07) is 0. The first-order valence-electron chi connectivity index (χ1n) is 5.72. The van der Waals surface area contributed by atoms with Crippen molar-refractivity contribution in [3.63, 3.8) is 0 Å². The summed E-state index contributed by atoms with van der Waals surface area (Å²) >= 11 is 0. The number of aliphatic carboxylic acids is 1. The highest BCUT2D eigenvalue weighted by molar-refractivity contribution is 5.72. The molecule has 0 rings (SSSR count). The van der Waals surface area contributed by atoms with Crippen LogP contribution in [-0.2, 0) is 4.79 Å². The molecule has 0 aliphatic heterocycles. The largest absolute Gasteiger partial charge is 0.481 e. The zero-order valence-corrected chi connectivity index (χ0v) is 10.8. The standard InChI is InChI=1S/C14H21NO2/c1-12(2)6-4-7-13(3)9-11-15-10-5-8-14(16)17/h4,6-7,9,11H,5,8,10H2,1-3H3,(H,16,17). The second-order valence-electron chi connectivity index (χ2n) is 4.07. The van der Waals surface area contributed by atoms with Gasteiger partial charge in [-0.3, -0.25) is 9.79 Å². The van der Waals surface area contributed by atoms with E-state index in [1.165, 1.54) is 5.57 Å². The fourth-order valence-electron chi connectivity index (χ4n) is 1.01. The van der Waals surface area contributed by atoms with Crippen molar-refractivity contribution >= 4 is 12.2 Å². The minimum absolute atomic E-state index is 0.181. The van der Waals surface area contributed by atoms with Crippen LogP contribution >= 0.6 is 0 Å². The number of rotatable bonds is 7. The van der Waals surface area contributed by atoms with Crippen LogP contribution in [0, 0.1) is 0 Å². The molecule has 0 aliphatic rings. The molecule has 3 heteroatoms. The lowest BCUT2D eigenvalue weighted by Crippen LogP contribution is -1.95. The SMILES string of the molecule is CC(C)=CC=CC(C)=CC=NCCCC(=O)O. The molecule has 0 aromatic heterocycles. The fraction of sp³-hybridized carbons (Fsp3) is 0.429. The Bertz CT molecular complexity index is 345. The lowest BCUT2D eigenvalue weighted by molar-refractivity contribution is -0.137. The Hall–Kier alpha value is -1.64. The lowest BCUT2D eigenvalue weighted by Gasteiger charge is -1.90. The topological polar surface area (TPSA) is 49.7 Å². The maximum atomic E-state index is 10.2. The van der Waals surface area contributed by atoms with E-state index in [0.717, 1.165) is 5.57 Å². The zero-order chi connectivity index (χ0) is 13.1. The number of aliphatic imine (C=N–C) groups is 1. The van der Waals surface area contributed by atoms with Crippen LogP contribution in [0.2, 0.25) is 0 Å². The van der Waals surface area contributed by atoms with Gasteiger partial charge in [0, 0.05) is 19.2 Å². The van der Waals surface area contributed by atoms with E-state index >= 15 is 0 Å². The van der Waals surface area contributed by atoms with E-state index in [-0.39, 0.29) is 6.42 Å². The van der Waals surface area contributed by atoms with E-state index in [9.17, 15) is 4.79 Å². The van der Waals surface area contributed by atoms with Gasteiger partial charge in [-0.2, -0.15) is 0 Å². The van der Waals surface area contributed by atoms with Crippen LogP contribution < -0.4 is 0 Å². The molecule has 0 aromatic carbocycles. The van der Waals surface area contributed by atoms with Crippen molar-refractivity contribution in [3.8, 4) is 0 Å². The van der Waals surface area contributed by atoms with Gasteiger partial charge in [-0.1, -0.05) is 23.8 Å². The second-order valence-corrected chi connectivity index (χ2v) is 4.07. The number of hydrogen-bond acceptors (Lipinski definition) is 2. The summed E-state index contributed by atoms with van der Waals surface area (Å²) in [6.45, 7) is 6.66. The molecule has 0 amide bonds. The van der Waals surface area contributed by atoms with Crippen molar-refractivity contribution in [2.24, 2.45) is 4.99 Å².